The molecule has 3 aromatic rings. The Labute approximate surface area is 175 Å². The largest absolute Gasteiger partial charge is 0.465 e. The summed E-state index contributed by atoms with van der Waals surface area (Å²) in [6, 6.07) is 0. The summed E-state index contributed by atoms with van der Waals surface area (Å²) in [5.41, 5.74) is 2.78. The Bertz CT molecular complexity index is 1080. The van der Waals surface area contributed by atoms with Gasteiger partial charge in [0.15, 0.2) is 5.65 Å². The number of hydrogen-bond donors (Lipinski definition) is 2. The van der Waals surface area contributed by atoms with E-state index in [-0.39, 0.29) is 5.91 Å². The van der Waals surface area contributed by atoms with Gasteiger partial charge in [-0.2, -0.15) is 0 Å². The van der Waals surface area contributed by atoms with E-state index in [0.717, 1.165) is 29.7 Å². The van der Waals surface area contributed by atoms with Crippen molar-refractivity contribution in [3.63, 3.8) is 0 Å². The molecule has 0 aromatic carbocycles. The molecule has 0 bridgehead atoms. The Kier molecular flexibility index (Phi) is 5.55. The Hall–Kier alpha value is -2.46. The Balaban J connectivity index is 1.56. The van der Waals surface area contributed by atoms with Crippen LogP contribution < -0.4 is 5.32 Å². The van der Waals surface area contributed by atoms with E-state index in [0.29, 0.717) is 32.7 Å². The number of esters is 1. The summed E-state index contributed by atoms with van der Waals surface area (Å²) in [6.07, 6.45) is 5.76. The fraction of sp³-hybridized carbons (Fsp3) is 0.421. The zero-order valence-electron chi connectivity index (χ0n) is 16.3. The van der Waals surface area contributed by atoms with Crippen LogP contribution in [-0.4, -0.2) is 44.2 Å². The number of hydrogen-bond acceptors (Lipinski definition) is 8. The highest BCUT2D eigenvalue weighted by molar-refractivity contribution is 8.00. The molecule has 2 atom stereocenters. The quantitative estimate of drug-likeness (QED) is 0.362. The second-order valence-corrected chi connectivity index (χ2v) is 9.51. The minimum absolute atomic E-state index is 0.196. The van der Waals surface area contributed by atoms with Gasteiger partial charge in [-0.25, -0.2) is 19.7 Å². The minimum Gasteiger partial charge on any atom is -0.465 e. The number of thioether (sulfide) groups is 1. The third-order valence-corrected chi connectivity index (χ3v) is 7.25. The predicted octanol–water partition coefficient (Wildman–Crippen LogP) is 3.45. The number of methoxy groups -OCH3 is 1. The molecule has 0 aliphatic heterocycles. The fourth-order valence-corrected chi connectivity index (χ4v) is 5.70. The lowest BCUT2D eigenvalue weighted by Crippen LogP contribution is -2.23. The van der Waals surface area contributed by atoms with Gasteiger partial charge in [-0.15, -0.1) is 11.3 Å². The van der Waals surface area contributed by atoms with E-state index in [4.69, 9.17) is 4.74 Å². The van der Waals surface area contributed by atoms with Gasteiger partial charge >= 0.3 is 5.97 Å². The molecule has 1 aliphatic carbocycles. The number of anilines is 1. The topological polar surface area (TPSA) is 110 Å². The third kappa shape index (κ3) is 3.86. The summed E-state index contributed by atoms with van der Waals surface area (Å²) in [4.78, 5) is 41.9. The fourth-order valence-electron chi connectivity index (χ4n) is 3.42. The van der Waals surface area contributed by atoms with Crippen molar-refractivity contribution < 1.29 is 14.3 Å². The number of carbonyl (C=O) groups is 2. The average molecular weight is 432 g/mol. The first-order valence-corrected chi connectivity index (χ1v) is 11.0. The summed E-state index contributed by atoms with van der Waals surface area (Å²) < 4.78 is 4.99. The molecular weight excluding hydrogens is 410 g/mol. The number of aromatic nitrogens is 4. The molecule has 0 saturated carbocycles. The van der Waals surface area contributed by atoms with E-state index in [1.54, 1.807) is 13.3 Å². The summed E-state index contributed by atoms with van der Waals surface area (Å²) in [6.45, 7) is 4.01. The Morgan fingerprint density at radius 1 is 1.38 bits per heavy atom. The van der Waals surface area contributed by atoms with Gasteiger partial charge in [0.2, 0.25) is 5.91 Å². The molecule has 10 heteroatoms. The molecule has 1 aliphatic rings. The molecule has 0 spiro atoms. The van der Waals surface area contributed by atoms with Crippen molar-refractivity contribution in [1.82, 2.24) is 19.9 Å². The van der Waals surface area contributed by atoms with Gasteiger partial charge in [0, 0.05) is 4.88 Å². The van der Waals surface area contributed by atoms with E-state index in [1.165, 1.54) is 36.5 Å². The van der Waals surface area contributed by atoms with Gasteiger partial charge in [0.05, 0.1) is 24.3 Å². The lowest BCUT2D eigenvalue weighted by atomic mass is 9.88. The highest BCUT2D eigenvalue weighted by Gasteiger charge is 2.30. The normalized spacial score (nSPS) is 17.0. The number of ether oxygens (including phenoxy) is 1. The van der Waals surface area contributed by atoms with Crippen LogP contribution in [0.4, 0.5) is 5.00 Å². The van der Waals surface area contributed by atoms with E-state index < -0.39 is 11.2 Å². The molecule has 4 rings (SSSR count). The van der Waals surface area contributed by atoms with E-state index in [9.17, 15) is 9.59 Å². The molecule has 0 radical (unpaired) electrons. The predicted molar refractivity (Wildman–Crippen MR) is 112 cm³/mol. The van der Waals surface area contributed by atoms with Gasteiger partial charge in [-0.05, 0) is 37.7 Å². The van der Waals surface area contributed by atoms with Crippen molar-refractivity contribution in [3.8, 4) is 0 Å². The number of amides is 1. The van der Waals surface area contributed by atoms with Gasteiger partial charge in [0.1, 0.15) is 21.9 Å². The smallest absolute Gasteiger partial charge is 0.341 e. The van der Waals surface area contributed by atoms with Crippen LogP contribution >= 0.6 is 23.1 Å². The molecule has 152 valence electrons. The highest BCUT2D eigenvalue weighted by Crippen LogP contribution is 2.40. The molecule has 0 saturated heterocycles. The van der Waals surface area contributed by atoms with Crippen LogP contribution in [0.3, 0.4) is 0 Å². The van der Waals surface area contributed by atoms with Crippen molar-refractivity contribution in [3.05, 3.63) is 28.7 Å². The van der Waals surface area contributed by atoms with Crippen LogP contribution in [0.15, 0.2) is 17.7 Å². The monoisotopic (exact) mass is 431 g/mol. The lowest BCUT2D eigenvalue weighted by molar-refractivity contribution is -0.115. The zero-order chi connectivity index (χ0) is 20.5. The number of nitrogens with one attached hydrogen (secondary N) is 2. The maximum Gasteiger partial charge on any atom is 0.341 e. The first-order valence-electron chi connectivity index (χ1n) is 9.32. The van der Waals surface area contributed by atoms with Crippen LogP contribution in [0, 0.1) is 5.92 Å². The van der Waals surface area contributed by atoms with Crippen LogP contribution in [-0.2, 0) is 22.4 Å². The molecule has 0 fully saturated rings. The first-order chi connectivity index (χ1) is 14.0. The van der Waals surface area contributed by atoms with Gasteiger partial charge in [0.25, 0.3) is 0 Å². The van der Waals surface area contributed by atoms with Crippen molar-refractivity contribution in [2.45, 2.75) is 43.4 Å². The number of imidazole rings is 1. The summed E-state index contributed by atoms with van der Waals surface area (Å²) in [5, 5.41) is 3.75. The summed E-state index contributed by atoms with van der Waals surface area (Å²) >= 11 is 2.80. The van der Waals surface area contributed by atoms with E-state index in [2.05, 4.69) is 32.2 Å². The Morgan fingerprint density at radius 2 is 2.21 bits per heavy atom. The molecule has 2 N–H and O–H groups in total. The number of nitrogens with zero attached hydrogens (tertiary/aromatic N) is 3. The maximum absolute atomic E-state index is 12.9. The Morgan fingerprint density at radius 3 is 3.00 bits per heavy atom. The summed E-state index contributed by atoms with van der Waals surface area (Å²) in [5.74, 6) is -0.0278. The minimum atomic E-state index is -0.431. The maximum atomic E-state index is 12.9. The second-order valence-electron chi connectivity index (χ2n) is 7.08. The van der Waals surface area contributed by atoms with Crippen molar-refractivity contribution in [2.75, 3.05) is 12.4 Å². The van der Waals surface area contributed by atoms with Crippen molar-refractivity contribution in [1.29, 1.82) is 0 Å². The van der Waals surface area contributed by atoms with Crippen LogP contribution in [0.25, 0.3) is 11.2 Å². The molecule has 0 unspecified atom stereocenters. The summed E-state index contributed by atoms with van der Waals surface area (Å²) in [7, 11) is 1.37. The van der Waals surface area contributed by atoms with Crippen LogP contribution in [0.2, 0.25) is 0 Å². The number of fused-ring (bicyclic) bond motifs is 2. The SMILES string of the molecule is COC(=O)c1c(NC(=O)[C@H](C)Sc2ncnc3nc[nH]c23)sc2c1CC[C@H](C)C2. The molecule has 29 heavy (non-hydrogen) atoms. The number of carbonyl (C=O) groups excluding carboxylic acids is 2. The number of rotatable bonds is 5. The van der Waals surface area contributed by atoms with Crippen LogP contribution in [0.5, 0.6) is 0 Å². The standard InChI is InChI=1S/C19H21N5O3S2/c1-9-4-5-11-12(6-9)29-17(13(11)19(26)27-3)24-16(25)10(2)28-18-14-15(21-7-20-14)22-8-23-18/h7-10H,4-6H2,1-3H3,(H,24,25)(H,20,21,22,23)/t9-,10-/m0/s1. The van der Waals surface area contributed by atoms with Gasteiger partial charge < -0.3 is 15.0 Å². The lowest BCUT2D eigenvalue weighted by Gasteiger charge is -2.18. The third-order valence-electron chi connectivity index (χ3n) is 4.98. The van der Waals surface area contributed by atoms with Crippen LogP contribution in [0.1, 0.15) is 41.1 Å². The zero-order valence-corrected chi connectivity index (χ0v) is 17.9. The number of aromatic amines is 1. The van der Waals surface area contributed by atoms with Gasteiger partial charge in [-0.3, -0.25) is 4.79 Å². The molecular formula is C19H21N5O3S2. The first kappa shape index (κ1) is 19.8. The van der Waals surface area contributed by atoms with Crippen molar-refractivity contribution >= 4 is 51.1 Å². The molecule has 1 amide bonds. The number of thiophene rings is 1. The average Bonchev–Trinajstić information content (AvgIpc) is 3.31. The van der Waals surface area contributed by atoms with E-state index in [1.807, 2.05) is 0 Å². The van der Waals surface area contributed by atoms with E-state index >= 15 is 0 Å². The van der Waals surface area contributed by atoms with Crippen molar-refractivity contribution in [2.24, 2.45) is 5.92 Å². The van der Waals surface area contributed by atoms with Gasteiger partial charge in [-0.1, -0.05) is 18.7 Å². The molecule has 8 nitrogen and oxygen atoms in total. The highest BCUT2D eigenvalue weighted by atomic mass is 32.2. The molecule has 3 heterocycles. The molecule has 3 aromatic heterocycles. The second kappa shape index (κ2) is 8.11. The number of H-pyrrole nitrogens is 1.